The summed E-state index contributed by atoms with van der Waals surface area (Å²) in [6, 6.07) is 20.3. The Kier molecular flexibility index (Phi) is 5.48. The molecule has 0 bridgehead atoms. The van der Waals surface area contributed by atoms with Crippen molar-refractivity contribution in [1.82, 2.24) is 9.80 Å². The molecule has 2 aliphatic rings. The molecule has 1 heterocycles. The molecule has 4 rings (SSSR count). The van der Waals surface area contributed by atoms with Gasteiger partial charge in [-0.05, 0) is 30.0 Å². The van der Waals surface area contributed by atoms with Gasteiger partial charge in [-0.2, -0.15) is 0 Å². The highest BCUT2D eigenvalue weighted by Crippen LogP contribution is 2.48. The normalized spacial score (nSPS) is 21.8. The number of thioether (sulfide) groups is 1. The van der Waals surface area contributed by atoms with Crippen molar-refractivity contribution in [2.24, 2.45) is 5.92 Å². The van der Waals surface area contributed by atoms with Gasteiger partial charge >= 0.3 is 0 Å². The van der Waals surface area contributed by atoms with Gasteiger partial charge in [0.2, 0.25) is 11.8 Å². The zero-order chi connectivity index (χ0) is 18.6. The van der Waals surface area contributed by atoms with Gasteiger partial charge in [0.25, 0.3) is 0 Å². The summed E-state index contributed by atoms with van der Waals surface area (Å²) in [4.78, 5) is 30.1. The van der Waals surface area contributed by atoms with E-state index in [2.05, 4.69) is 12.1 Å². The molecule has 0 spiro atoms. The number of carbonyl (C=O) groups excluding carboxylic acids is 2. The van der Waals surface area contributed by atoms with E-state index < -0.39 is 0 Å². The Hall–Kier alpha value is -2.27. The molecule has 2 fully saturated rings. The summed E-state index contributed by atoms with van der Waals surface area (Å²) in [5.74, 6) is 1.37. The fraction of sp³-hybridized carbons (Fsp3) is 0.364. The number of benzene rings is 2. The lowest BCUT2D eigenvalue weighted by Crippen LogP contribution is -2.51. The van der Waals surface area contributed by atoms with E-state index in [1.165, 1.54) is 5.56 Å². The number of amides is 2. The van der Waals surface area contributed by atoms with Crippen LogP contribution in [-0.4, -0.2) is 53.5 Å². The Morgan fingerprint density at radius 1 is 0.852 bits per heavy atom. The second kappa shape index (κ2) is 8.17. The van der Waals surface area contributed by atoms with Crippen molar-refractivity contribution in [1.29, 1.82) is 0 Å². The minimum Gasteiger partial charge on any atom is -0.339 e. The van der Waals surface area contributed by atoms with Gasteiger partial charge in [0, 0.05) is 37.0 Å². The van der Waals surface area contributed by atoms with Crippen LogP contribution in [0.1, 0.15) is 17.9 Å². The van der Waals surface area contributed by atoms with Gasteiger partial charge in [0.1, 0.15) is 0 Å². The van der Waals surface area contributed by atoms with E-state index in [0.29, 0.717) is 37.8 Å². The zero-order valence-electron chi connectivity index (χ0n) is 15.3. The summed E-state index contributed by atoms with van der Waals surface area (Å²) in [5.41, 5.74) is 1.27. The van der Waals surface area contributed by atoms with E-state index in [4.69, 9.17) is 0 Å². The SMILES string of the molecule is O=C(CSc1ccccc1)N1CCN(C(=O)[C@@H]2C[C@H]2c2ccccc2)CC1. The third kappa shape index (κ3) is 4.35. The topological polar surface area (TPSA) is 40.6 Å². The van der Waals surface area contributed by atoms with Crippen molar-refractivity contribution in [2.45, 2.75) is 17.2 Å². The third-order valence-electron chi connectivity index (χ3n) is 5.38. The van der Waals surface area contributed by atoms with Crippen LogP contribution in [0.5, 0.6) is 0 Å². The monoisotopic (exact) mass is 380 g/mol. The van der Waals surface area contributed by atoms with Crippen molar-refractivity contribution in [3.63, 3.8) is 0 Å². The van der Waals surface area contributed by atoms with E-state index in [1.54, 1.807) is 11.8 Å². The molecule has 1 aliphatic carbocycles. The smallest absolute Gasteiger partial charge is 0.233 e. The molecule has 1 saturated carbocycles. The molecule has 2 aromatic carbocycles. The van der Waals surface area contributed by atoms with E-state index in [0.717, 1.165) is 11.3 Å². The van der Waals surface area contributed by atoms with Crippen LogP contribution in [0.4, 0.5) is 0 Å². The summed E-state index contributed by atoms with van der Waals surface area (Å²) in [6.45, 7) is 2.59. The molecule has 4 nitrogen and oxygen atoms in total. The Balaban J connectivity index is 1.23. The van der Waals surface area contributed by atoms with Crippen molar-refractivity contribution < 1.29 is 9.59 Å². The summed E-state index contributed by atoms with van der Waals surface area (Å²) >= 11 is 1.57. The van der Waals surface area contributed by atoms with Gasteiger partial charge in [-0.1, -0.05) is 48.5 Å². The predicted octanol–water partition coefficient (Wildman–Crippen LogP) is 3.25. The molecule has 140 valence electrons. The molecular formula is C22H24N2O2S. The van der Waals surface area contributed by atoms with E-state index in [9.17, 15) is 9.59 Å². The molecule has 2 atom stereocenters. The van der Waals surface area contributed by atoms with Gasteiger partial charge in [-0.3, -0.25) is 9.59 Å². The van der Waals surface area contributed by atoms with Crippen LogP contribution in [0.15, 0.2) is 65.6 Å². The number of rotatable bonds is 5. The molecule has 0 N–H and O–H groups in total. The molecule has 0 aromatic heterocycles. The van der Waals surface area contributed by atoms with Crippen LogP contribution in [0, 0.1) is 5.92 Å². The maximum atomic E-state index is 12.7. The number of nitrogens with zero attached hydrogens (tertiary/aromatic N) is 2. The highest BCUT2D eigenvalue weighted by molar-refractivity contribution is 8.00. The van der Waals surface area contributed by atoms with Crippen LogP contribution < -0.4 is 0 Å². The lowest BCUT2D eigenvalue weighted by atomic mass is 10.1. The van der Waals surface area contributed by atoms with Crippen LogP contribution in [0.25, 0.3) is 0 Å². The fourth-order valence-electron chi connectivity index (χ4n) is 3.70. The van der Waals surface area contributed by atoms with Crippen LogP contribution in [0.3, 0.4) is 0 Å². The summed E-state index contributed by atoms with van der Waals surface area (Å²) in [7, 11) is 0. The molecular weight excluding hydrogens is 356 g/mol. The van der Waals surface area contributed by atoms with Crippen LogP contribution in [-0.2, 0) is 9.59 Å². The Bertz CT molecular complexity index is 788. The van der Waals surface area contributed by atoms with E-state index in [-0.39, 0.29) is 17.7 Å². The molecule has 0 unspecified atom stereocenters. The quantitative estimate of drug-likeness (QED) is 0.748. The fourth-order valence-corrected chi connectivity index (χ4v) is 4.52. The third-order valence-corrected chi connectivity index (χ3v) is 6.38. The van der Waals surface area contributed by atoms with Gasteiger partial charge < -0.3 is 9.80 Å². The first-order valence-corrected chi connectivity index (χ1v) is 10.5. The lowest BCUT2D eigenvalue weighted by molar-refractivity contribution is -0.139. The number of hydrogen-bond acceptors (Lipinski definition) is 3. The average Bonchev–Trinajstić information content (AvgIpc) is 3.54. The van der Waals surface area contributed by atoms with Crippen molar-refractivity contribution in [2.75, 3.05) is 31.9 Å². The largest absolute Gasteiger partial charge is 0.339 e. The van der Waals surface area contributed by atoms with Crippen molar-refractivity contribution >= 4 is 23.6 Å². The molecule has 2 amide bonds. The Morgan fingerprint density at radius 3 is 2.11 bits per heavy atom. The molecule has 0 radical (unpaired) electrons. The first kappa shape index (κ1) is 18.1. The maximum Gasteiger partial charge on any atom is 0.233 e. The molecule has 2 aromatic rings. The second-order valence-corrected chi connectivity index (χ2v) is 8.22. The standard InChI is InChI=1S/C22H24N2O2S/c25-21(16-27-18-9-5-2-6-10-18)23-11-13-24(14-12-23)22(26)20-15-19(20)17-7-3-1-4-8-17/h1-10,19-20H,11-16H2/t19-,20+/m0/s1. The van der Waals surface area contributed by atoms with Crippen LogP contribution >= 0.6 is 11.8 Å². The van der Waals surface area contributed by atoms with E-state index in [1.807, 2.05) is 58.3 Å². The molecule has 1 aliphatic heterocycles. The van der Waals surface area contributed by atoms with Gasteiger partial charge in [-0.15, -0.1) is 11.8 Å². The highest BCUT2D eigenvalue weighted by Gasteiger charge is 2.46. The average molecular weight is 381 g/mol. The Morgan fingerprint density at radius 2 is 1.44 bits per heavy atom. The predicted molar refractivity (Wildman–Crippen MR) is 108 cm³/mol. The molecule has 5 heteroatoms. The minimum absolute atomic E-state index is 0.128. The second-order valence-electron chi connectivity index (χ2n) is 7.17. The Labute approximate surface area is 164 Å². The molecule has 27 heavy (non-hydrogen) atoms. The number of piperazine rings is 1. The van der Waals surface area contributed by atoms with Crippen molar-refractivity contribution in [3.8, 4) is 0 Å². The highest BCUT2D eigenvalue weighted by atomic mass is 32.2. The van der Waals surface area contributed by atoms with Gasteiger partial charge in [0.15, 0.2) is 0 Å². The maximum absolute atomic E-state index is 12.7. The van der Waals surface area contributed by atoms with Gasteiger partial charge in [0.05, 0.1) is 5.75 Å². The lowest BCUT2D eigenvalue weighted by Gasteiger charge is -2.35. The van der Waals surface area contributed by atoms with Crippen LogP contribution in [0.2, 0.25) is 0 Å². The van der Waals surface area contributed by atoms with Gasteiger partial charge in [-0.25, -0.2) is 0 Å². The minimum atomic E-state index is 0.128. The molecule has 1 saturated heterocycles. The first-order chi connectivity index (χ1) is 13.2. The number of carbonyl (C=O) groups is 2. The summed E-state index contributed by atoms with van der Waals surface area (Å²) in [6.07, 6.45) is 0.954. The number of hydrogen-bond donors (Lipinski definition) is 0. The van der Waals surface area contributed by atoms with Crippen molar-refractivity contribution in [3.05, 3.63) is 66.2 Å². The first-order valence-electron chi connectivity index (χ1n) is 9.52. The summed E-state index contributed by atoms with van der Waals surface area (Å²) in [5, 5.41) is 0. The zero-order valence-corrected chi connectivity index (χ0v) is 16.1. The summed E-state index contributed by atoms with van der Waals surface area (Å²) < 4.78 is 0. The van der Waals surface area contributed by atoms with E-state index >= 15 is 0 Å².